The van der Waals surface area contributed by atoms with Gasteiger partial charge in [0.15, 0.2) is 6.29 Å². The number of aliphatic carboxylic acids is 1. The molecule has 0 saturated carbocycles. The van der Waals surface area contributed by atoms with E-state index in [4.69, 9.17) is 10.2 Å². The number of hydrogen-bond acceptors (Lipinski definition) is 5. The summed E-state index contributed by atoms with van der Waals surface area (Å²) in [6.45, 7) is 0.223. The number of carboxylic acid groups (broad SMARTS) is 1. The van der Waals surface area contributed by atoms with Crippen LogP contribution in [0.5, 0.6) is 0 Å². The smallest absolute Gasteiger partial charge is 0.334 e. The summed E-state index contributed by atoms with van der Waals surface area (Å²) in [6, 6.07) is 0. The Balaban J connectivity index is 3.38. The van der Waals surface area contributed by atoms with Gasteiger partial charge in [0, 0.05) is 0 Å². The van der Waals surface area contributed by atoms with E-state index >= 15 is 0 Å². The van der Waals surface area contributed by atoms with Gasteiger partial charge in [0.2, 0.25) is 0 Å². The maximum Gasteiger partial charge on any atom is 0.334 e. The number of esters is 1. The average Bonchev–Trinajstić information content (AvgIpc) is 1.84. The maximum atomic E-state index is 10.5. The number of rotatable bonds is 5. The molecule has 0 amide bonds. The summed E-state index contributed by atoms with van der Waals surface area (Å²) in [5.41, 5.74) is 0. The molecule has 6 heteroatoms. The normalized spacial score (nSPS) is 12.2. The fourth-order valence-electron chi connectivity index (χ4n) is 0.446. The molecule has 0 aromatic carbocycles. The molecule has 0 rings (SSSR count). The van der Waals surface area contributed by atoms with E-state index in [2.05, 4.69) is 9.47 Å². The molecule has 6 nitrogen and oxygen atoms in total. The fraction of sp³-hybridized carbons (Fsp3) is 0.667. The van der Waals surface area contributed by atoms with Crippen LogP contribution in [0.3, 0.4) is 0 Å². The highest BCUT2D eigenvalue weighted by Gasteiger charge is 2.07. The van der Waals surface area contributed by atoms with Gasteiger partial charge in [-0.05, 0) is 6.92 Å². The molecule has 0 aliphatic heterocycles. The summed E-state index contributed by atoms with van der Waals surface area (Å²) in [5, 5.41) is 16.6. The third-order valence-electron chi connectivity index (χ3n) is 0.747. The Morgan fingerprint density at radius 2 is 2.00 bits per heavy atom. The van der Waals surface area contributed by atoms with Gasteiger partial charge in [0.1, 0.15) is 13.2 Å². The molecule has 0 heterocycles. The maximum absolute atomic E-state index is 10.5. The first kappa shape index (κ1) is 10.9. The summed E-state index contributed by atoms with van der Waals surface area (Å²) >= 11 is 0. The number of hydrogen-bond donors (Lipinski definition) is 2. The highest BCUT2D eigenvalue weighted by molar-refractivity contribution is 5.72. The van der Waals surface area contributed by atoms with E-state index in [0.717, 1.165) is 0 Å². The van der Waals surface area contributed by atoms with Crippen LogP contribution in [-0.2, 0) is 19.1 Å². The second-order valence-electron chi connectivity index (χ2n) is 1.98. The Hall–Kier alpha value is -1.14. The molecular formula is C6H10O6. The Bertz CT molecular complexity index is 163. The average molecular weight is 178 g/mol. The molecule has 2 N–H and O–H groups in total. The first-order chi connectivity index (χ1) is 5.52. The molecule has 0 spiro atoms. The van der Waals surface area contributed by atoms with Gasteiger partial charge in [-0.15, -0.1) is 0 Å². The molecule has 70 valence electrons. The minimum atomic E-state index is -1.20. The molecule has 0 fully saturated rings. The van der Waals surface area contributed by atoms with Crippen LogP contribution in [0.2, 0.25) is 0 Å². The van der Waals surface area contributed by atoms with Gasteiger partial charge in [-0.3, -0.25) is 0 Å². The first-order valence-corrected chi connectivity index (χ1v) is 3.19. The standard InChI is InChI=1S/C6H10O6/c1-4(7)12-6(10)3-11-2-5(8)9/h4,7H,2-3H2,1H3,(H,8,9). The minimum absolute atomic E-state index is 0.475. The number of aliphatic hydroxyl groups is 1. The van der Waals surface area contributed by atoms with Crippen LogP contribution in [0.15, 0.2) is 0 Å². The lowest BCUT2D eigenvalue weighted by Gasteiger charge is -2.05. The van der Waals surface area contributed by atoms with E-state index in [9.17, 15) is 9.59 Å². The van der Waals surface area contributed by atoms with Crippen LogP contribution in [-0.4, -0.2) is 41.7 Å². The van der Waals surface area contributed by atoms with E-state index in [1.165, 1.54) is 6.92 Å². The molecule has 0 radical (unpaired) electrons. The van der Waals surface area contributed by atoms with Gasteiger partial charge in [-0.2, -0.15) is 0 Å². The number of carbonyl (C=O) groups is 2. The number of carbonyl (C=O) groups excluding carboxylic acids is 1. The van der Waals surface area contributed by atoms with Gasteiger partial charge in [-0.25, -0.2) is 9.59 Å². The summed E-state index contributed by atoms with van der Waals surface area (Å²) in [6.07, 6.45) is -1.20. The molecule has 0 aromatic rings. The van der Waals surface area contributed by atoms with E-state index in [1.54, 1.807) is 0 Å². The van der Waals surface area contributed by atoms with Crippen LogP contribution in [0.1, 0.15) is 6.92 Å². The second-order valence-corrected chi connectivity index (χ2v) is 1.98. The van der Waals surface area contributed by atoms with Crippen LogP contribution < -0.4 is 0 Å². The summed E-state index contributed by atoms with van der Waals surface area (Å²) in [5.74, 6) is -1.97. The Kier molecular flexibility index (Phi) is 4.98. The highest BCUT2D eigenvalue weighted by atomic mass is 16.6. The van der Waals surface area contributed by atoms with E-state index in [0.29, 0.717) is 0 Å². The zero-order valence-electron chi connectivity index (χ0n) is 6.52. The van der Waals surface area contributed by atoms with Gasteiger partial charge < -0.3 is 19.7 Å². The van der Waals surface area contributed by atoms with Crippen LogP contribution in [0.4, 0.5) is 0 Å². The van der Waals surface area contributed by atoms with Gasteiger partial charge >= 0.3 is 11.9 Å². The molecule has 0 aromatic heterocycles. The minimum Gasteiger partial charge on any atom is -0.480 e. The van der Waals surface area contributed by atoms with Crippen molar-refractivity contribution in [2.24, 2.45) is 0 Å². The van der Waals surface area contributed by atoms with Gasteiger partial charge in [0.25, 0.3) is 0 Å². The van der Waals surface area contributed by atoms with E-state index in [-0.39, 0.29) is 0 Å². The number of ether oxygens (including phenoxy) is 2. The Labute approximate surface area is 68.7 Å². The molecule has 1 atom stereocenters. The summed E-state index contributed by atoms with van der Waals surface area (Å²) in [4.78, 5) is 20.4. The van der Waals surface area contributed by atoms with E-state index in [1.807, 2.05) is 0 Å². The lowest BCUT2D eigenvalue weighted by atomic mass is 10.6. The van der Waals surface area contributed by atoms with Crippen molar-refractivity contribution in [2.45, 2.75) is 13.2 Å². The molecule has 1 unspecified atom stereocenters. The summed E-state index contributed by atoms with van der Waals surface area (Å²) in [7, 11) is 0. The lowest BCUT2D eigenvalue weighted by Crippen LogP contribution is -2.20. The predicted octanol–water partition coefficient (Wildman–Crippen LogP) is -1.03. The number of aliphatic hydroxyl groups excluding tert-OH is 1. The van der Waals surface area contributed by atoms with Crippen LogP contribution in [0, 0.1) is 0 Å². The highest BCUT2D eigenvalue weighted by Crippen LogP contribution is 1.86. The van der Waals surface area contributed by atoms with Crippen molar-refractivity contribution < 1.29 is 29.3 Å². The third kappa shape index (κ3) is 6.97. The molecule has 0 aliphatic rings. The van der Waals surface area contributed by atoms with Crippen molar-refractivity contribution in [2.75, 3.05) is 13.2 Å². The van der Waals surface area contributed by atoms with Gasteiger partial charge in [-0.1, -0.05) is 0 Å². The Morgan fingerprint density at radius 3 is 2.42 bits per heavy atom. The van der Waals surface area contributed by atoms with Crippen molar-refractivity contribution in [3.63, 3.8) is 0 Å². The third-order valence-corrected chi connectivity index (χ3v) is 0.747. The molecular weight excluding hydrogens is 168 g/mol. The zero-order chi connectivity index (χ0) is 9.56. The molecule has 0 bridgehead atoms. The fourth-order valence-corrected chi connectivity index (χ4v) is 0.446. The Morgan fingerprint density at radius 1 is 1.42 bits per heavy atom. The first-order valence-electron chi connectivity index (χ1n) is 3.19. The topological polar surface area (TPSA) is 93.1 Å². The van der Waals surface area contributed by atoms with E-state index < -0.39 is 31.4 Å². The molecule has 0 saturated heterocycles. The lowest BCUT2D eigenvalue weighted by molar-refractivity contribution is -0.170. The van der Waals surface area contributed by atoms with Crippen molar-refractivity contribution in [3.8, 4) is 0 Å². The second kappa shape index (κ2) is 5.50. The number of carboxylic acids is 1. The molecule has 0 aliphatic carbocycles. The van der Waals surface area contributed by atoms with Crippen LogP contribution >= 0.6 is 0 Å². The van der Waals surface area contributed by atoms with Crippen molar-refractivity contribution >= 4 is 11.9 Å². The molecule has 12 heavy (non-hydrogen) atoms. The zero-order valence-corrected chi connectivity index (χ0v) is 6.52. The summed E-state index contributed by atoms with van der Waals surface area (Å²) < 4.78 is 8.60. The van der Waals surface area contributed by atoms with Crippen LogP contribution in [0.25, 0.3) is 0 Å². The van der Waals surface area contributed by atoms with Crippen molar-refractivity contribution in [1.29, 1.82) is 0 Å². The monoisotopic (exact) mass is 178 g/mol. The quantitative estimate of drug-likeness (QED) is 0.413. The van der Waals surface area contributed by atoms with Crippen molar-refractivity contribution in [1.82, 2.24) is 0 Å². The predicted molar refractivity (Wildman–Crippen MR) is 36.2 cm³/mol. The largest absolute Gasteiger partial charge is 0.480 e. The van der Waals surface area contributed by atoms with Crippen molar-refractivity contribution in [3.05, 3.63) is 0 Å². The SMILES string of the molecule is CC(O)OC(=O)COCC(=O)O. The van der Waals surface area contributed by atoms with Gasteiger partial charge in [0.05, 0.1) is 0 Å².